The molecule has 3 heterocycles. The SMILES string of the molecule is Cn1c(=O)c2c(nc(NCCNc3ccc(S(=O)(=O)Nc4ncccn4)cc3)n2Cc2ccccc2)n(C)c1=O. The first-order valence-corrected chi connectivity index (χ1v) is 13.8. The third-order valence-corrected chi connectivity index (χ3v) is 7.57. The number of aryl methyl sites for hydroxylation is 1. The van der Waals surface area contributed by atoms with E-state index in [2.05, 4.69) is 30.3 Å². The van der Waals surface area contributed by atoms with Gasteiger partial charge in [0.25, 0.3) is 15.6 Å². The van der Waals surface area contributed by atoms with Crippen LogP contribution < -0.4 is 26.6 Å². The zero-order chi connectivity index (χ0) is 28.3. The molecule has 5 aromatic rings. The summed E-state index contributed by atoms with van der Waals surface area (Å²) in [5.74, 6) is 0.446. The molecular weight excluding hydrogens is 534 g/mol. The third-order valence-electron chi connectivity index (χ3n) is 6.22. The lowest BCUT2D eigenvalue weighted by Gasteiger charge is -2.12. The molecule has 0 radical (unpaired) electrons. The van der Waals surface area contributed by atoms with Gasteiger partial charge in [-0.05, 0) is 35.9 Å². The predicted molar refractivity (Wildman–Crippen MR) is 152 cm³/mol. The summed E-state index contributed by atoms with van der Waals surface area (Å²) in [5.41, 5.74) is 1.44. The van der Waals surface area contributed by atoms with E-state index in [4.69, 9.17) is 0 Å². The maximum absolute atomic E-state index is 13.0. The van der Waals surface area contributed by atoms with Crippen LogP contribution in [0.4, 0.5) is 17.6 Å². The molecule has 0 aliphatic carbocycles. The van der Waals surface area contributed by atoms with Crippen molar-refractivity contribution in [2.24, 2.45) is 14.1 Å². The number of nitrogens with zero attached hydrogens (tertiary/aromatic N) is 6. The summed E-state index contributed by atoms with van der Waals surface area (Å²) >= 11 is 0. The summed E-state index contributed by atoms with van der Waals surface area (Å²) < 4.78 is 31.7. The lowest BCUT2D eigenvalue weighted by atomic mass is 10.2. The molecule has 2 aromatic carbocycles. The summed E-state index contributed by atoms with van der Waals surface area (Å²) in [6, 6.07) is 17.5. The number of hydrogen-bond donors (Lipinski definition) is 3. The van der Waals surface area contributed by atoms with Crippen LogP contribution in [0.15, 0.2) is 87.5 Å². The highest BCUT2D eigenvalue weighted by atomic mass is 32.2. The van der Waals surface area contributed by atoms with Crippen molar-refractivity contribution in [1.82, 2.24) is 28.7 Å². The van der Waals surface area contributed by atoms with Crippen molar-refractivity contribution in [2.45, 2.75) is 11.4 Å². The van der Waals surface area contributed by atoms with Gasteiger partial charge in [0.05, 0.1) is 11.4 Å². The van der Waals surface area contributed by atoms with Gasteiger partial charge in [-0.15, -0.1) is 0 Å². The van der Waals surface area contributed by atoms with E-state index in [0.29, 0.717) is 42.4 Å². The Hall–Kier alpha value is -4.98. The van der Waals surface area contributed by atoms with Crippen molar-refractivity contribution in [3.05, 3.63) is 99.5 Å². The number of anilines is 3. The minimum Gasteiger partial charge on any atom is -0.383 e. The van der Waals surface area contributed by atoms with Crippen LogP contribution in [0.5, 0.6) is 0 Å². The second-order valence-electron chi connectivity index (χ2n) is 8.94. The number of sulfonamides is 1. The van der Waals surface area contributed by atoms with Gasteiger partial charge in [0.15, 0.2) is 11.2 Å². The van der Waals surface area contributed by atoms with Gasteiger partial charge in [0.1, 0.15) is 0 Å². The largest absolute Gasteiger partial charge is 0.383 e. The number of rotatable bonds is 10. The molecule has 206 valence electrons. The first-order valence-electron chi connectivity index (χ1n) is 12.3. The zero-order valence-electron chi connectivity index (χ0n) is 21.8. The molecule has 3 N–H and O–H groups in total. The Kier molecular flexibility index (Phi) is 7.33. The van der Waals surface area contributed by atoms with Gasteiger partial charge in [-0.1, -0.05) is 30.3 Å². The number of fused-ring (bicyclic) bond motifs is 1. The highest BCUT2D eigenvalue weighted by molar-refractivity contribution is 7.92. The molecule has 0 aliphatic rings. The summed E-state index contributed by atoms with van der Waals surface area (Å²) in [6.45, 7) is 1.28. The van der Waals surface area contributed by atoms with E-state index in [1.54, 1.807) is 29.8 Å². The van der Waals surface area contributed by atoms with Crippen LogP contribution in [0, 0.1) is 0 Å². The fourth-order valence-corrected chi connectivity index (χ4v) is 5.12. The van der Waals surface area contributed by atoms with E-state index < -0.39 is 21.3 Å². The molecule has 14 heteroatoms. The van der Waals surface area contributed by atoms with Crippen molar-refractivity contribution in [3.63, 3.8) is 0 Å². The van der Waals surface area contributed by atoms with Gasteiger partial charge in [-0.2, -0.15) is 4.98 Å². The Morgan fingerprint density at radius 3 is 2.20 bits per heavy atom. The van der Waals surface area contributed by atoms with E-state index in [1.807, 2.05) is 30.3 Å². The van der Waals surface area contributed by atoms with E-state index >= 15 is 0 Å². The van der Waals surface area contributed by atoms with Crippen LogP contribution in [-0.4, -0.2) is 50.2 Å². The molecule has 0 aliphatic heterocycles. The summed E-state index contributed by atoms with van der Waals surface area (Å²) in [4.78, 5) is 37.9. The topological polar surface area (TPSA) is 158 Å². The Morgan fingerprint density at radius 1 is 0.825 bits per heavy atom. The van der Waals surface area contributed by atoms with Crippen LogP contribution in [0.25, 0.3) is 11.2 Å². The summed E-state index contributed by atoms with van der Waals surface area (Å²) in [6.07, 6.45) is 2.90. The number of benzene rings is 2. The molecular formula is C26H27N9O4S. The summed E-state index contributed by atoms with van der Waals surface area (Å²) in [5, 5.41) is 6.48. The molecule has 40 heavy (non-hydrogen) atoms. The maximum Gasteiger partial charge on any atom is 0.332 e. The van der Waals surface area contributed by atoms with E-state index in [9.17, 15) is 18.0 Å². The Bertz CT molecular complexity index is 1870. The first kappa shape index (κ1) is 26.6. The number of imidazole rings is 1. The van der Waals surface area contributed by atoms with Gasteiger partial charge in [0.2, 0.25) is 11.9 Å². The van der Waals surface area contributed by atoms with Crippen LogP contribution in [-0.2, 0) is 30.7 Å². The van der Waals surface area contributed by atoms with E-state index in [-0.39, 0.29) is 10.8 Å². The Morgan fingerprint density at radius 2 is 1.50 bits per heavy atom. The highest BCUT2D eigenvalue weighted by Gasteiger charge is 2.19. The van der Waals surface area contributed by atoms with E-state index in [1.165, 1.54) is 36.1 Å². The minimum atomic E-state index is -3.83. The fourth-order valence-electron chi connectivity index (χ4n) is 4.17. The molecule has 0 bridgehead atoms. The van der Waals surface area contributed by atoms with Crippen molar-refractivity contribution >= 4 is 38.8 Å². The Labute approximate surface area is 229 Å². The zero-order valence-corrected chi connectivity index (χ0v) is 22.6. The average molecular weight is 562 g/mol. The molecule has 0 spiro atoms. The van der Waals surface area contributed by atoms with Crippen molar-refractivity contribution < 1.29 is 8.42 Å². The number of nitrogens with one attached hydrogen (secondary N) is 3. The van der Waals surface area contributed by atoms with Gasteiger partial charge in [0, 0.05) is 45.3 Å². The molecule has 0 unspecified atom stereocenters. The number of aromatic nitrogens is 6. The van der Waals surface area contributed by atoms with Gasteiger partial charge in [-0.25, -0.2) is 27.9 Å². The van der Waals surface area contributed by atoms with Crippen molar-refractivity contribution in [1.29, 1.82) is 0 Å². The van der Waals surface area contributed by atoms with Crippen LogP contribution in [0.1, 0.15) is 5.56 Å². The van der Waals surface area contributed by atoms with Gasteiger partial charge >= 0.3 is 5.69 Å². The Balaban J connectivity index is 1.30. The molecule has 0 atom stereocenters. The third kappa shape index (κ3) is 5.42. The van der Waals surface area contributed by atoms with Crippen molar-refractivity contribution in [2.75, 3.05) is 28.4 Å². The fraction of sp³-hybridized carbons (Fsp3) is 0.192. The molecule has 3 aromatic heterocycles. The highest BCUT2D eigenvalue weighted by Crippen LogP contribution is 2.19. The molecule has 0 amide bonds. The second kappa shape index (κ2) is 11.0. The molecule has 13 nitrogen and oxygen atoms in total. The van der Waals surface area contributed by atoms with Crippen molar-refractivity contribution in [3.8, 4) is 0 Å². The lowest BCUT2D eigenvalue weighted by Crippen LogP contribution is -2.37. The monoisotopic (exact) mass is 561 g/mol. The van der Waals surface area contributed by atoms with E-state index in [0.717, 1.165) is 10.1 Å². The van der Waals surface area contributed by atoms with Crippen LogP contribution in [0.2, 0.25) is 0 Å². The maximum atomic E-state index is 13.0. The molecule has 0 saturated heterocycles. The molecule has 0 saturated carbocycles. The molecule has 0 fully saturated rings. The summed E-state index contributed by atoms with van der Waals surface area (Å²) in [7, 11) is -0.793. The standard InChI is InChI=1S/C26H27N9O4S/c1-33-22-21(23(36)34(2)26(33)37)35(17-18-7-4-3-5-8-18)25(31-22)30-16-15-27-19-9-11-20(12-10-19)40(38,39)32-24-28-13-6-14-29-24/h3-14,27H,15-17H2,1-2H3,(H,30,31)(H,28,29,32). The smallest absolute Gasteiger partial charge is 0.332 e. The van der Waals surface area contributed by atoms with Crippen LogP contribution in [0.3, 0.4) is 0 Å². The minimum absolute atomic E-state index is 0.00742. The van der Waals surface area contributed by atoms with Crippen LogP contribution >= 0.6 is 0 Å². The van der Waals surface area contributed by atoms with Gasteiger partial charge < -0.3 is 10.6 Å². The average Bonchev–Trinajstić information content (AvgIpc) is 3.32. The second-order valence-corrected chi connectivity index (χ2v) is 10.6. The quantitative estimate of drug-likeness (QED) is 0.215. The lowest BCUT2D eigenvalue weighted by molar-refractivity contribution is 0.601. The predicted octanol–water partition coefficient (Wildman–Crippen LogP) is 1.60. The number of hydrogen-bond acceptors (Lipinski definition) is 9. The molecule has 5 rings (SSSR count). The normalized spacial score (nSPS) is 11.4. The van der Waals surface area contributed by atoms with Gasteiger partial charge in [-0.3, -0.25) is 18.5 Å². The first-order chi connectivity index (χ1) is 19.2.